The van der Waals surface area contributed by atoms with Crippen LogP contribution in [0.4, 0.5) is 0 Å². The van der Waals surface area contributed by atoms with Gasteiger partial charge in [-0.3, -0.25) is 9.79 Å². The Bertz CT molecular complexity index is 1120. The first-order valence-electron chi connectivity index (χ1n) is 9.80. The lowest BCUT2D eigenvalue weighted by Gasteiger charge is -2.12. The van der Waals surface area contributed by atoms with Crippen LogP contribution in [0.5, 0.6) is 0 Å². The molecule has 1 aromatic heterocycles. The molecular weight excluding hydrogens is 420 g/mol. The summed E-state index contributed by atoms with van der Waals surface area (Å²) in [4.78, 5) is 15.6. The number of benzene rings is 3. The average molecular weight is 445 g/mol. The maximum Gasteiger partial charge on any atom is 0.221 e. The summed E-state index contributed by atoms with van der Waals surface area (Å²) in [5.41, 5.74) is 2.81. The highest BCUT2D eigenvalue weighted by Crippen LogP contribution is 2.28. The minimum absolute atomic E-state index is 0.118. The molecule has 3 aromatic carbocycles. The van der Waals surface area contributed by atoms with Crippen molar-refractivity contribution in [2.45, 2.75) is 12.7 Å². The van der Waals surface area contributed by atoms with Gasteiger partial charge in [0.15, 0.2) is 0 Å². The highest BCUT2D eigenvalue weighted by Gasteiger charge is 2.11. The monoisotopic (exact) mass is 444 g/mol. The Hall–Kier alpha value is -3.15. The number of hydrogen-bond donors (Lipinski definition) is 1. The number of thiophene rings is 1. The van der Waals surface area contributed by atoms with E-state index in [4.69, 9.17) is 0 Å². The molecule has 1 N–H and O–H groups in total. The summed E-state index contributed by atoms with van der Waals surface area (Å²) in [6.45, 7) is 5.14. The fourth-order valence-electron chi connectivity index (χ4n) is 2.85. The van der Waals surface area contributed by atoms with Gasteiger partial charge in [-0.25, -0.2) is 0 Å². The Morgan fingerprint density at radius 3 is 2.23 bits per heavy atom. The number of nitrogens with one attached hydrogen (secondary N) is 1. The van der Waals surface area contributed by atoms with Crippen LogP contribution in [0.1, 0.15) is 18.1 Å². The maximum absolute atomic E-state index is 11.5. The van der Waals surface area contributed by atoms with Crippen molar-refractivity contribution in [2.75, 3.05) is 0 Å². The maximum atomic E-state index is 11.5. The minimum atomic E-state index is -0.118. The van der Waals surface area contributed by atoms with E-state index in [0.29, 0.717) is 5.70 Å². The van der Waals surface area contributed by atoms with E-state index >= 15 is 0 Å². The van der Waals surface area contributed by atoms with E-state index in [9.17, 15) is 4.79 Å². The van der Waals surface area contributed by atoms with E-state index in [1.165, 1.54) is 22.6 Å². The second-order valence-corrected chi connectivity index (χ2v) is 8.55. The number of carbonyl (C=O) groups excluding carboxylic acids is 1. The van der Waals surface area contributed by atoms with Crippen LogP contribution in [-0.2, 0) is 10.5 Å². The molecule has 1 heterocycles. The number of thioether (sulfide) groups is 1. The normalized spacial score (nSPS) is 11.1. The summed E-state index contributed by atoms with van der Waals surface area (Å²) < 4.78 is 1.37. The van der Waals surface area contributed by atoms with E-state index in [1.807, 2.05) is 48.5 Å². The van der Waals surface area contributed by atoms with Gasteiger partial charge in [-0.05, 0) is 35.2 Å². The Labute approximate surface area is 191 Å². The Balaban J connectivity index is 0.000000248. The van der Waals surface area contributed by atoms with Gasteiger partial charge in [-0.2, -0.15) is 0 Å². The van der Waals surface area contributed by atoms with Crippen LogP contribution in [0.15, 0.2) is 106 Å². The number of hydrogen-bond acceptors (Lipinski definition) is 4. The predicted octanol–water partition coefficient (Wildman–Crippen LogP) is 6.98. The summed E-state index contributed by atoms with van der Waals surface area (Å²) in [5, 5.41) is 7.05. The zero-order chi connectivity index (χ0) is 21.9. The molecule has 156 valence electrons. The van der Waals surface area contributed by atoms with Crippen LogP contribution in [0.2, 0.25) is 0 Å². The summed E-state index contributed by atoms with van der Waals surface area (Å²) in [5.74, 6) is 0.634. The molecule has 0 spiro atoms. The van der Waals surface area contributed by atoms with Gasteiger partial charge in [-0.15, -0.1) is 23.1 Å². The van der Waals surface area contributed by atoms with E-state index < -0.39 is 0 Å². The lowest BCUT2D eigenvalue weighted by Crippen LogP contribution is -2.18. The molecule has 5 heteroatoms. The van der Waals surface area contributed by atoms with Gasteiger partial charge in [0.2, 0.25) is 5.91 Å². The third kappa shape index (κ3) is 6.95. The molecule has 1 amide bonds. The van der Waals surface area contributed by atoms with Crippen molar-refractivity contribution < 1.29 is 4.79 Å². The van der Waals surface area contributed by atoms with Gasteiger partial charge in [-0.1, -0.05) is 78.9 Å². The summed E-state index contributed by atoms with van der Waals surface area (Å²) in [6, 6.07) is 30.4. The summed E-state index contributed by atoms with van der Waals surface area (Å²) in [6.07, 6.45) is 0. The van der Waals surface area contributed by atoms with Crippen LogP contribution < -0.4 is 5.32 Å². The van der Waals surface area contributed by atoms with Gasteiger partial charge >= 0.3 is 0 Å². The first kappa shape index (κ1) is 22.5. The summed E-state index contributed by atoms with van der Waals surface area (Å²) in [7, 11) is 0. The van der Waals surface area contributed by atoms with Gasteiger partial charge in [0.05, 0.1) is 5.70 Å². The van der Waals surface area contributed by atoms with Gasteiger partial charge in [0.25, 0.3) is 0 Å². The van der Waals surface area contributed by atoms with Gasteiger partial charge < -0.3 is 5.32 Å². The van der Waals surface area contributed by atoms with E-state index in [2.05, 4.69) is 64.9 Å². The molecule has 0 aliphatic rings. The zero-order valence-electron chi connectivity index (χ0n) is 17.3. The van der Waals surface area contributed by atoms with Gasteiger partial charge in [0.1, 0.15) is 5.03 Å². The fourth-order valence-corrected chi connectivity index (χ4v) is 4.68. The van der Waals surface area contributed by atoms with Crippen LogP contribution in [0.3, 0.4) is 0 Å². The minimum Gasteiger partial charge on any atom is -0.319 e. The second kappa shape index (κ2) is 11.9. The molecule has 0 fully saturated rings. The molecule has 0 aliphatic heterocycles. The topological polar surface area (TPSA) is 41.5 Å². The fraction of sp³-hybridized carbons (Fsp3) is 0.0769. The smallest absolute Gasteiger partial charge is 0.221 e. The van der Waals surface area contributed by atoms with E-state index in [-0.39, 0.29) is 5.91 Å². The summed E-state index contributed by atoms with van der Waals surface area (Å²) >= 11 is 3.33. The van der Waals surface area contributed by atoms with Crippen molar-refractivity contribution in [3.8, 4) is 0 Å². The van der Waals surface area contributed by atoms with Crippen LogP contribution in [0, 0.1) is 0 Å². The quantitative estimate of drug-likeness (QED) is 0.326. The zero-order valence-corrected chi connectivity index (χ0v) is 19.0. The van der Waals surface area contributed by atoms with Crippen molar-refractivity contribution in [2.24, 2.45) is 4.99 Å². The van der Waals surface area contributed by atoms with Crippen LogP contribution in [0.25, 0.3) is 15.8 Å². The molecule has 0 bridgehead atoms. The molecule has 4 aromatic rings. The number of fused-ring (bicyclic) bond motifs is 1. The first-order chi connectivity index (χ1) is 15.2. The van der Waals surface area contributed by atoms with E-state index in [1.54, 1.807) is 23.1 Å². The number of carbonyl (C=O) groups is 1. The Kier molecular flexibility index (Phi) is 8.64. The lowest BCUT2D eigenvalue weighted by atomic mass is 10.2. The number of rotatable bonds is 6. The average Bonchev–Trinajstić information content (AvgIpc) is 3.28. The highest BCUT2D eigenvalue weighted by atomic mass is 32.2. The van der Waals surface area contributed by atoms with Crippen molar-refractivity contribution in [1.82, 2.24) is 5.32 Å². The predicted molar refractivity (Wildman–Crippen MR) is 136 cm³/mol. The van der Waals surface area contributed by atoms with Crippen molar-refractivity contribution in [3.63, 3.8) is 0 Å². The molecular formula is C26H24N2OS2. The molecule has 4 rings (SSSR count). The molecule has 0 radical (unpaired) electrons. The third-order valence-corrected chi connectivity index (χ3v) is 6.26. The third-order valence-electron chi connectivity index (χ3n) is 4.30. The van der Waals surface area contributed by atoms with Crippen molar-refractivity contribution in [3.05, 3.63) is 113 Å². The lowest BCUT2D eigenvalue weighted by molar-refractivity contribution is -0.118. The largest absolute Gasteiger partial charge is 0.319 e. The molecule has 3 nitrogen and oxygen atoms in total. The van der Waals surface area contributed by atoms with Crippen LogP contribution >= 0.6 is 23.1 Å². The molecule has 0 aliphatic carbocycles. The molecule has 0 saturated heterocycles. The Morgan fingerprint density at radius 1 is 0.935 bits per heavy atom. The van der Waals surface area contributed by atoms with Gasteiger partial charge in [0, 0.05) is 22.9 Å². The molecule has 0 saturated carbocycles. The number of amides is 1. The van der Waals surface area contributed by atoms with Crippen molar-refractivity contribution >= 4 is 51.5 Å². The standard InChI is InChI=1S/C18H18N2OS.C8H6S/c1-14(21)20-18(22-13-15-9-5-3-6-10-15)17(19-2)16-11-7-4-8-12-16;1-2-4-8-7(3-1)5-6-9-8/h3-12H,2,13H2,1H3,(H,20,21);1-6H/b18-17-;. The molecule has 0 unspecified atom stereocenters. The van der Waals surface area contributed by atoms with Crippen LogP contribution in [-0.4, -0.2) is 12.6 Å². The number of aliphatic imine (C=N–C) groups is 1. The Morgan fingerprint density at radius 2 is 1.58 bits per heavy atom. The van der Waals surface area contributed by atoms with E-state index in [0.717, 1.165) is 16.3 Å². The second-order valence-electron chi connectivity index (χ2n) is 6.62. The SMILES string of the molecule is C=N/C(=C(/NC(C)=O)SCc1ccccc1)c1ccccc1.c1ccc2sccc2c1. The van der Waals surface area contributed by atoms with Crippen molar-refractivity contribution in [1.29, 1.82) is 0 Å². The highest BCUT2D eigenvalue weighted by molar-refractivity contribution is 8.02. The first-order valence-corrected chi connectivity index (χ1v) is 11.7. The number of nitrogens with zero attached hydrogens (tertiary/aromatic N) is 1. The molecule has 31 heavy (non-hydrogen) atoms. The molecule has 0 atom stereocenters.